The zero-order valence-electron chi connectivity index (χ0n) is 9.99. The van der Waals surface area contributed by atoms with Crippen LogP contribution >= 0.6 is 0 Å². The second-order valence-electron chi connectivity index (χ2n) is 3.77. The molecular formula is C13H17N3O. The van der Waals surface area contributed by atoms with Crippen molar-refractivity contribution < 1.29 is 4.79 Å². The van der Waals surface area contributed by atoms with Crippen LogP contribution in [0.15, 0.2) is 24.3 Å². The number of nitriles is 1. The number of hydrogen-bond acceptors (Lipinski definition) is 2. The first-order valence-corrected chi connectivity index (χ1v) is 5.77. The van der Waals surface area contributed by atoms with Gasteiger partial charge in [0.15, 0.2) is 0 Å². The van der Waals surface area contributed by atoms with Crippen LogP contribution in [0, 0.1) is 11.3 Å². The lowest BCUT2D eigenvalue weighted by atomic mass is 10.1. The lowest BCUT2D eigenvalue weighted by molar-refractivity contribution is 0.253. The van der Waals surface area contributed by atoms with Crippen LogP contribution in [0.4, 0.5) is 10.5 Å². The number of unbranched alkanes of at least 4 members (excludes halogenated alkanes) is 1. The molecule has 0 fully saturated rings. The highest BCUT2D eigenvalue weighted by molar-refractivity contribution is 5.89. The SMILES string of the molecule is CCCCc1ccc(NC(=O)NCC#N)cc1. The Morgan fingerprint density at radius 1 is 1.35 bits per heavy atom. The molecule has 0 saturated carbocycles. The van der Waals surface area contributed by atoms with Gasteiger partial charge in [0, 0.05) is 5.69 Å². The zero-order chi connectivity index (χ0) is 12.5. The Bertz CT molecular complexity index is 392. The van der Waals surface area contributed by atoms with E-state index < -0.39 is 0 Å². The highest BCUT2D eigenvalue weighted by Crippen LogP contribution is 2.11. The molecule has 1 rings (SSSR count). The maximum Gasteiger partial charge on any atom is 0.320 e. The number of hydrogen-bond donors (Lipinski definition) is 2. The third-order valence-electron chi connectivity index (χ3n) is 2.36. The fourth-order valence-corrected chi connectivity index (χ4v) is 1.43. The van der Waals surface area contributed by atoms with Crippen molar-refractivity contribution in [2.45, 2.75) is 26.2 Å². The molecule has 1 aromatic rings. The summed E-state index contributed by atoms with van der Waals surface area (Å²) in [5.74, 6) is 0. The van der Waals surface area contributed by atoms with Gasteiger partial charge in [0.05, 0.1) is 6.07 Å². The Kier molecular flexibility index (Phi) is 5.59. The molecule has 0 heterocycles. The number of urea groups is 1. The number of amides is 2. The summed E-state index contributed by atoms with van der Waals surface area (Å²) in [6, 6.07) is 9.25. The number of nitrogens with zero attached hydrogens (tertiary/aromatic N) is 1. The predicted octanol–water partition coefficient (Wildman–Crippen LogP) is 2.67. The van der Waals surface area contributed by atoms with E-state index in [0.717, 1.165) is 12.1 Å². The number of carbonyl (C=O) groups excluding carboxylic acids is 1. The van der Waals surface area contributed by atoms with Gasteiger partial charge in [0.2, 0.25) is 0 Å². The number of rotatable bonds is 5. The summed E-state index contributed by atoms with van der Waals surface area (Å²) in [5.41, 5.74) is 2.01. The minimum atomic E-state index is -0.354. The topological polar surface area (TPSA) is 64.9 Å². The van der Waals surface area contributed by atoms with Crippen molar-refractivity contribution in [2.75, 3.05) is 11.9 Å². The molecular weight excluding hydrogens is 214 g/mol. The Morgan fingerprint density at radius 3 is 2.65 bits per heavy atom. The maximum absolute atomic E-state index is 11.3. The molecule has 0 bridgehead atoms. The molecule has 2 N–H and O–H groups in total. The van der Waals surface area contributed by atoms with Crippen molar-refractivity contribution >= 4 is 11.7 Å². The van der Waals surface area contributed by atoms with Crippen molar-refractivity contribution in [3.63, 3.8) is 0 Å². The van der Waals surface area contributed by atoms with Gasteiger partial charge in [-0.15, -0.1) is 0 Å². The van der Waals surface area contributed by atoms with Crippen LogP contribution in [0.25, 0.3) is 0 Å². The molecule has 17 heavy (non-hydrogen) atoms. The van der Waals surface area contributed by atoms with Crippen molar-refractivity contribution in [1.29, 1.82) is 5.26 Å². The summed E-state index contributed by atoms with van der Waals surface area (Å²) in [7, 11) is 0. The Morgan fingerprint density at radius 2 is 2.06 bits per heavy atom. The second kappa shape index (κ2) is 7.29. The zero-order valence-corrected chi connectivity index (χ0v) is 9.99. The van der Waals surface area contributed by atoms with Crippen molar-refractivity contribution in [3.05, 3.63) is 29.8 Å². The van der Waals surface area contributed by atoms with Crippen LogP contribution < -0.4 is 10.6 Å². The summed E-state index contributed by atoms with van der Waals surface area (Å²) in [6.07, 6.45) is 3.42. The molecule has 90 valence electrons. The van der Waals surface area contributed by atoms with Crippen LogP contribution in [-0.2, 0) is 6.42 Å². The third-order valence-corrected chi connectivity index (χ3v) is 2.36. The number of nitrogens with one attached hydrogen (secondary N) is 2. The van der Waals surface area contributed by atoms with Gasteiger partial charge in [-0.2, -0.15) is 5.26 Å². The van der Waals surface area contributed by atoms with Gasteiger partial charge in [-0.1, -0.05) is 25.5 Å². The van der Waals surface area contributed by atoms with E-state index in [4.69, 9.17) is 5.26 Å². The van der Waals surface area contributed by atoms with Gasteiger partial charge in [0.1, 0.15) is 6.54 Å². The summed E-state index contributed by atoms with van der Waals surface area (Å²) >= 11 is 0. The first-order chi connectivity index (χ1) is 8.26. The second-order valence-corrected chi connectivity index (χ2v) is 3.77. The maximum atomic E-state index is 11.3. The van der Waals surface area contributed by atoms with Gasteiger partial charge in [-0.05, 0) is 30.5 Å². The lowest BCUT2D eigenvalue weighted by Gasteiger charge is -2.06. The highest BCUT2D eigenvalue weighted by atomic mass is 16.2. The van der Waals surface area contributed by atoms with E-state index in [1.54, 1.807) is 0 Å². The van der Waals surface area contributed by atoms with E-state index in [1.165, 1.54) is 18.4 Å². The molecule has 0 radical (unpaired) electrons. The van der Waals surface area contributed by atoms with Crippen molar-refractivity contribution in [1.82, 2.24) is 5.32 Å². The first kappa shape index (κ1) is 13.0. The van der Waals surface area contributed by atoms with E-state index in [2.05, 4.69) is 17.6 Å². The standard InChI is InChI=1S/C13H17N3O/c1-2-3-4-11-5-7-12(8-6-11)16-13(17)15-10-9-14/h5-8H,2-4,10H2,1H3,(H2,15,16,17). The van der Waals surface area contributed by atoms with Crippen molar-refractivity contribution in [3.8, 4) is 6.07 Å². The molecule has 0 unspecified atom stereocenters. The van der Waals surface area contributed by atoms with E-state index in [-0.39, 0.29) is 12.6 Å². The molecule has 1 aromatic carbocycles. The Hall–Kier alpha value is -2.02. The van der Waals surface area contributed by atoms with Gasteiger partial charge in [0.25, 0.3) is 0 Å². The van der Waals surface area contributed by atoms with Gasteiger partial charge >= 0.3 is 6.03 Å². The molecule has 0 aliphatic heterocycles. The third kappa shape index (κ3) is 5.03. The Balaban J connectivity index is 2.45. The number of aryl methyl sites for hydroxylation is 1. The van der Waals surface area contributed by atoms with Crippen molar-refractivity contribution in [2.24, 2.45) is 0 Å². The van der Waals surface area contributed by atoms with Crippen LogP contribution in [0.2, 0.25) is 0 Å². The summed E-state index contributed by atoms with van der Waals surface area (Å²) in [6.45, 7) is 2.18. The molecule has 0 aliphatic rings. The quantitative estimate of drug-likeness (QED) is 0.765. The van der Waals surface area contributed by atoms with Crippen LogP contribution in [0.3, 0.4) is 0 Å². The molecule has 0 spiro atoms. The average molecular weight is 231 g/mol. The monoisotopic (exact) mass is 231 g/mol. The molecule has 2 amide bonds. The molecule has 0 saturated heterocycles. The fourth-order valence-electron chi connectivity index (χ4n) is 1.43. The summed E-state index contributed by atoms with van der Waals surface area (Å²) in [5, 5.41) is 13.4. The predicted molar refractivity (Wildman–Crippen MR) is 67.7 cm³/mol. The average Bonchev–Trinajstić information content (AvgIpc) is 2.35. The normalized spacial score (nSPS) is 9.41. The smallest absolute Gasteiger partial charge is 0.320 e. The molecule has 4 heteroatoms. The van der Waals surface area contributed by atoms with E-state index in [1.807, 2.05) is 30.3 Å². The van der Waals surface area contributed by atoms with E-state index in [0.29, 0.717) is 0 Å². The molecule has 0 aromatic heterocycles. The minimum Gasteiger partial charge on any atom is -0.325 e. The van der Waals surface area contributed by atoms with Gasteiger partial charge < -0.3 is 10.6 Å². The lowest BCUT2D eigenvalue weighted by Crippen LogP contribution is -2.28. The highest BCUT2D eigenvalue weighted by Gasteiger charge is 2.00. The number of benzene rings is 1. The first-order valence-electron chi connectivity index (χ1n) is 5.77. The Labute approximate surface area is 102 Å². The largest absolute Gasteiger partial charge is 0.325 e. The van der Waals surface area contributed by atoms with E-state index in [9.17, 15) is 4.79 Å². The minimum absolute atomic E-state index is 0.0143. The molecule has 0 atom stereocenters. The molecule has 4 nitrogen and oxygen atoms in total. The van der Waals surface area contributed by atoms with E-state index >= 15 is 0 Å². The van der Waals surface area contributed by atoms with Crippen LogP contribution in [0.1, 0.15) is 25.3 Å². The summed E-state index contributed by atoms with van der Waals surface area (Å²) < 4.78 is 0. The van der Waals surface area contributed by atoms with Gasteiger partial charge in [-0.3, -0.25) is 0 Å². The molecule has 0 aliphatic carbocycles. The van der Waals surface area contributed by atoms with Crippen LogP contribution in [-0.4, -0.2) is 12.6 Å². The van der Waals surface area contributed by atoms with Crippen LogP contribution in [0.5, 0.6) is 0 Å². The van der Waals surface area contributed by atoms with Gasteiger partial charge in [-0.25, -0.2) is 4.79 Å². The number of anilines is 1. The summed E-state index contributed by atoms with van der Waals surface area (Å²) in [4.78, 5) is 11.3. The fraction of sp³-hybridized carbons (Fsp3) is 0.385. The number of carbonyl (C=O) groups is 1.